The quantitative estimate of drug-likeness (QED) is 0.771. The van der Waals surface area contributed by atoms with Gasteiger partial charge in [-0.3, -0.25) is 0 Å². The fourth-order valence-corrected chi connectivity index (χ4v) is 1.90. The second kappa shape index (κ2) is 4.58. The number of rotatable bonds is 2. The average molecular weight is 192 g/mol. The summed E-state index contributed by atoms with van der Waals surface area (Å²) in [6.07, 6.45) is 1.50. The van der Waals surface area contributed by atoms with Gasteiger partial charge in [0.05, 0.1) is 12.7 Å². The lowest BCUT2D eigenvalue weighted by Gasteiger charge is -2.27. The Balaban J connectivity index is 1.96. The minimum Gasteiger partial charge on any atom is -0.393 e. The largest absolute Gasteiger partial charge is 0.393 e. The average Bonchev–Trinajstić information content (AvgIpc) is 2.23. The van der Waals surface area contributed by atoms with Crippen LogP contribution in [0.3, 0.4) is 0 Å². The van der Waals surface area contributed by atoms with Crippen molar-refractivity contribution >= 4 is 0 Å². The van der Waals surface area contributed by atoms with E-state index in [1.807, 2.05) is 18.2 Å². The molecule has 0 aromatic heterocycles. The van der Waals surface area contributed by atoms with Gasteiger partial charge in [-0.1, -0.05) is 30.3 Å². The zero-order valence-corrected chi connectivity index (χ0v) is 8.23. The van der Waals surface area contributed by atoms with Crippen molar-refractivity contribution in [3.8, 4) is 0 Å². The molecule has 0 amide bonds. The van der Waals surface area contributed by atoms with Gasteiger partial charge in [0.1, 0.15) is 0 Å². The summed E-state index contributed by atoms with van der Waals surface area (Å²) in [4.78, 5) is 0. The molecule has 1 aromatic rings. The number of hydrogen-bond donors (Lipinski definition) is 1. The Morgan fingerprint density at radius 1 is 1.29 bits per heavy atom. The third-order valence-electron chi connectivity index (χ3n) is 2.77. The molecule has 2 heteroatoms. The molecule has 2 nitrogen and oxygen atoms in total. The topological polar surface area (TPSA) is 29.5 Å². The summed E-state index contributed by atoms with van der Waals surface area (Å²) in [5.74, 6) is 0.270. The highest BCUT2D eigenvalue weighted by Gasteiger charge is 2.23. The van der Waals surface area contributed by atoms with Crippen molar-refractivity contribution in [2.75, 3.05) is 13.2 Å². The molecule has 2 rings (SSSR count). The van der Waals surface area contributed by atoms with Crippen molar-refractivity contribution in [2.45, 2.75) is 18.9 Å². The molecule has 1 aliphatic rings. The lowest BCUT2D eigenvalue weighted by molar-refractivity contribution is -0.0350. The van der Waals surface area contributed by atoms with E-state index in [1.165, 1.54) is 5.56 Å². The Morgan fingerprint density at radius 3 is 2.79 bits per heavy atom. The Labute approximate surface area is 84.5 Å². The van der Waals surface area contributed by atoms with Crippen molar-refractivity contribution in [3.63, 3.8) is 0 Å². The summed E-state index contributed by atoms with van der Waals surface area (Å²) < 4.78 is 5.36. The van der Waals surface area contributed by atoms with Crippen LogP contribution in [0, 0.1) is 5.92 Å². The SMILES string of the molecule is OC1CCOCC1Cc1ccccc1. The lowest BCUT2D eigenvalue weighted by Crippen LogP contribution is -2.33. The lowest BCUT2D eigenvalue weighted by atomic mass is 9.92. The molecule has 14 heavy (non-hydrogen) atoms. The first-order valence-electron chi connectivity index (χ1n) is 5.16. The van der Waals surface area contributed by atoms with Crippen LogP contribution in [-0.2, 0) is 11.2 Å². The fourth-order valence-electron chi connectivity index (χ4n) is 1.90. The highest BCUT2D eigenvalue weighted by molar-refractivity contribution is 5.15. The number of aliphatic hydroxyl groups is 1. The Kier molecular flexibility index (Phi) is 3.17. The van der Waals surface area contributed by atoms with E-state index in [2.05, 4.69) is 12.1 Å². The van der Waals surface area contributed by atoms with Gasteiger partial charge in [-0.15, -0.1) is 0 Å². The van der Waals surface area contributed by atoms with Crippen LogP contribution in [0.2, 0.25) is 0 Å². The maximum Gasteiger partial charge on any atom is 0.0615 e. The van der Waals surface area contributed by atoms with Crippen LogP contribution in [-0.4, -0.2) is 24.4 Å². The molecule has 1 fully saturated rings. The molecule has 76 valence electrons. The van der Waals surface area contributed by atoms with E-state index in [-0.39, 0.29) is 12.0 Å². The van der Waals surface area contributed by atoms with E-state index in [9.17, 15) is 5.11 Å². The first kappa shape index (κ1) is 9.69. The zero-order valence-electron chi connectivity index (χ0n) is 8.23. The molecule has 2 unspecified atom stereocenters. The van der Waals surface area contributed by atoms with Crippen LogP contribution >= 0.6 is 0 Å². The number of ether oxygens (including phenoxy) is 1. The monoisotopic (exact) mass is 192 g/mol. The van der Waals surface area contributed by atoms with Gasteiger partial charge in [-0.05, 0) is 18.4 Å². The van der Waals surface area contributed by atoms with Gasteiger partial charge >= 0.3 is 0 Å². The van der Waals surface area contributed by atoms with E-state index in [4.69, 9.17) is 4.74 Å². The van der Waals surface area contributed by atoms with Gasteiger partial charge in [-0.2, -0.15) is 0 Å². The van der Waals surface area contributed by atoms with Crippen molar-refractivity contribution in [2.24, 2.45) is 5.92 Å². The summed E-state index contributed by atoms with van der Waals surface area (Å²) in [6.45, 7) is 1.39. The van der Waals surface area contributed by atoms with Crippen molar-refractivity contribution in [1.29, 1.82) is 0 Å². The minimum absolute atomic E-state index is 0.191. The van der Waals surface area contributed by atoms with Crippen molar-refractivity contribution in [3.05, 3.63) is 35.9 Å². The standard InChI is InChI=1S/C12H16O2/c13-12-6-7-14-9-11(12)8-10-4-2-1-3-5-10/h1-5,11-13H,6-9H2. The van der Waals surface area contributed by atoms with Gasteiger partial charge in [0.15, 0.2) is 0 Å². The first-order chi connectivity index (χ1) is 6.86. The fraction of sp³-hybridized carbons (Fsp3) is 0.500. The minimum atomic E-state index is -0.191. The summed E-state index contributed by atoms with van der Waals surface area (Å²) in [5.41, 5.74) is 1.28. The van der Waals surface area contributed by atoms with Crippen LogP contribution in [0.1, 0.15) is 12.0 Å². The number of hydrogen-bond acceptors (Lipinski definition) is 2. The molecular formula is C12H16O2. The normalized spacial score (nSPS) is 27.5. The molecule has 1 aliphatic heterocycles. The number of aliphatic hydroxyl groups excluding tert-OH is 1. The highest BCUT2D eigenvalue weighted by atomic mass is 16.5. The second-order valence-corrected chi connectivity index (χ2v) is 3.88. The maximum atomic E-state index is 9.75. The summed E-state index contributed by atoms with van der Waals surface area (Å²) in [5, 5.41) is 9.75. The molecule has 0 radical (unpaired) electrons. The van der Waals surface area contributed by atoms with Crippen molar-refractivity contribution < 1.29 is 9.84 Å². The van der Waals surface area contributed by atoms with E-state index in [1.54, 1.807) is 0 Å². The Bertz CT molecular complexity index is 271. The molecule has 2 atom stereocenters. The zero-order chi connectivity index (χ0) is 9.80. The van der Waals surface area contributed by atoms with E-state index in [0.717, 1.165) is 12.8 Å². The van der Waals surface area contributed by atoms with Gasteiger partial charge in [-0.25, -0.2) is 0 Å². The summed E-state index contributed by atoms with van der Waals surface area (Å²) in [6, 6.07) is 10.3. The highest BCUT2D eigenvalue weighted by Crippen LogP contribution is 2.19. The Morgan fingerprint density at radius 2 is 2.07 bits per heavy atom. The molecule has 0 saturated carbocycles. The van der Waals surface area contributed by atoms with E-state index < -0.39 is 0 Å². The van der Waals surface area contributed by atoms with Gasteiger partial charge < -0.3 is 9.84 Å². The summed E-state index contributed by atoms with van der Waals surface area (Å²) >= 11 is 0. The second-order valence-electron chi connectivity index (χ2n) is 3.88. The molecular weight excluding hydrogens is 176 g/mol. The molecule has 1 aromatic carbocycles. The van der Waals surface area contributed by atoms with Crippen LogP contribution < -0.4 is 0 Å². The maximum absolute atomic E-state index is 9.75. The van der Waals surface area contributed by atoms with Gasteiger partial charge in [0.25, 0.3) is 0 Å². The Hall–Kier alpha value is -0.860. The van der Waals surface area contributed by atoms with E-state index in [0.29, 0.717) is 13.2 Å². The summed E-state index contributed by atoms with van der Waals surface area (Å²) in [7, 11) is 0. The molecule has 0 spiro atoms. The van der Waals surface area contributed by atoms with Crippen LogP contribution in [0.15, 0.2) is 30.3 Å². The van der Waals surface area contributed by atoms with Crippen molar-refractivity contribution in [1.82, 2.24) is 0 Å². The molecule has 1 heterocycles. The van der Waals surface area contributed by atoms with Crippen LogP contribution in [0.4, 0.5) is 0 Å². The van der Waals surface area contributed by atoms with E-state index >= 15 is 0 Å². The third-order valence-corrected chi connectivity index (χ3v) is 2.77. The van der Waals surface area contributed by atoms with Crippen LogP contribution in [0.5, 0.6) is 0 Å². The molecule has 1 saturated heterocycles. The van der Waals surface area contributed by atoms with Gasteiger partial charge in [0, 0.05) is 12.5 Å². The predicted octanol–water partition coefficient (Wildman–Crippen LogP) is 1.63. The van der Waals surface area contributed by atoms with Crippen LogP contribution in [0.25, 0.3) is 0 Å². The molecule has 1 N–H and O–H groups in total. The first-order valence-corrected chi connectivity index (χ1v) is 5.16. The number of benzene rings is 1. The molecule has 0 bridgehead atoms. The smallest absolute Gasteiger partial charge is 0.0615 e. The third kappa shape index (κ3) is 2.34. The molecule has 0 aliphatic carbocycles. The predicted molar refractivity (Wildman–Crippen MR) is 55.1 cm³/mol. The van der Waals surface area contributed by atoms with Gasteiger partial charge in [0.2, 0.25) is 0 Å².